The van der Waals surface area contributed by atoms with Gasteiger partial charge in [0.15, 0.2) is 0 Å². The van der Waals surface area contributed by atoms with Crippen molar-refractivity contribution in [3.05, 3.63) is 47.0 Å². The molecule has 0 heterocycles. The first-order valence-electron chi connectivity index (χ1n) is 8.71. The van der Waals surface area contributed by atoms with E-state index in [1.54, 1.807) is 19.1 Å². The molecule has 0 bridgehead atoms. The summed E-state index contributed by atoms with van der Waals surface area (Å²) in [5.41, 5.74) is 3.37. The molecule has 2 nitrogen and oxygen atoms in total. The molecule has 2 unspecified atom stereocenters. The zero-order chi connectivity index (χ0) is 17.1. The van der Waals surface area contributed by atoms with Crippen molar-refractivity contribution in [2.45, 2.75) is 52.4 Å². The molecule has 0 aliphatic heterocycles. The molecule has 0 fully saturated rings. The van der Waals surface area contributed by atoms with Crippen molar-refractivity contribution in [3.63, 3.8) is 0 Å². The lowest BCUT2D eigenvalue weighted by Gasteiger charge is -2.31. The van der Waals surface area contributed by atoms with Crippen LogP contribution in [0.5, 0.6) is 11.5 Å². The Balaban J connectivity index is 2.52. The summed E-state index contributed by atoms with van der Waals surface area (Å²) < 4.78 is 15.2. The second kappa shape index (κ2) is 6.38. The highest BCUT2D eigenvalue weighted by molar-refractivity contribution is 5.51. The molecule has 0 radical (unpaired) electrons. The maximum absolute atomic E-state index is 10.5. The molecular formula is C19H26O2. The number of aromatic hydroxyl groups is 2. The molecule has 1 aromatic carbocycles. The second-order valence-corrected chi connectivity index (χ2v) is 6.16. The van der Waals surface area contributed by atoms with Crippen molar-refractivity contribution in [1.82, 2.24) is 0 Å². The number of hydrogen-bond acceptors (Lipinski definition) is 2. The van der Waals surface area contributed by atoms with Gasteiger partial charge in [-0.25, -0.2) is 0 Å². The van der Waals surface area contributed by atoms with Gasteiger partial charge in [0.1, 0.15) is 11.5 Å². The van der Waals surface area contributed by atoms with Crippen LogP contribution in [0.2, 0.25) is 0 Å². The van der Waals surface area contributed by atoms with E-state index in [0.717, 1.165) is 31.2 Å². The zero-order valence-electron chi connectivity index (χ0n) is 15.1. The number of phenols is 2. The fourth-order valence-electron chi connectivity index (χ4n) is 3.29. The molecule has 2 atom stereocenters. The van der Waals surface area contributed by atoms with Crippen LogP contribution in [0.25, 0.3) is 0 Å². The van der Waals surface area contributed by atoms with Crippen molar-refractivity contribution in [2.24, 2.45) is 5.92 Å². The van der Waals surface area contributed by atoms with E-state index in [-0.39, 0.29) is 29.9 Å². The molecular weight excluding hydrogens is 260 g/mol. The summed E-state index contributed by atoms with van der Waals surface area (Å²) >= 11 is 0. The predicted octanol–water partition coefficient (Wildman–Crippen LogP) is 5.07. The van der Waals surface area contributed by atoms with E-state index in [9.17, 15) is 10.2 Å². The average Bonchev–Trinajstić information content (AvgIpc) is 2.46. The Kier molecular flexibility index (Phi) is 3.95. The molecule has 21 heavy (non-hydrogen) atoms. The molecule has 1 aromatic rings. The molecule has 0 saturated carbocycles. The molecule has 0 amide bonds. The molecule has 0 spiro atoms. The van der Waals surface area contributed by atoms with Crippen molar-refractivity contribution in [3.8, 4) is 11.5 Å². The first-order chi connectivity index (χ1) is 10.8. The minimum atomic E-state index is -0.190. The number of allylic oxidation sites excluding steroid dienone is 3. The van der Waals surface area contributed by atoms with Crippen LogP contribution in [0.15, 0.2) is 35.9 Å². The van der Waals surface area contributed by atoms with Crippen LogP contribution < -0.4 is 0 Å². The van der Waals surface area contributed by atoms with Gasteiger partial charge in [0.2, 0.25) is 0 Å². The van der Waals surface area contributed by atoms with Gasteiger partial charge in [-0.05, 0) is 56.7 Å². The predicted molar refractivity (Wildman–Crippen MR) is 87.8 cm³/mol. The van der Waals surface area contributed by atoms with Gasteiger partial charge in [-0.15, -0.1) is 0 Å². The molecule has 2 heteroatoms. The van der Waals surface area contributed by atoms with Crippen molar-refractivity contribution in [2.75, 3.05) is 0 Å². The molecule has 0 saturated heterocycles. The van der Waals surface area contributed by atoms with E-state index >= 15 is 0 Å². The van der Waals surface area contributed by atoms with Crippen LogP contribution in [0.1, 0.15) is 59.8 Å². The lowest BCUT2D eigenvalue weighted by Crippen LogP contribution is -2.17. The van der Waals surface area contributed by atoms with E-state index in [4.69, 9.17) is 2.74 Å². The third-order valence-corrected chi connectivity index (χ3v) is 4.37. The number of hydrogen-bond donors (Lipinski definition) is 2. The minimum Gasteiger partial charge on any atom is -0.507 e. The van der Waals surface area contributed by atoms with Gasteiger partial charge in [0.25, 0.3) is 0 Å². The van der Waals surface area contributed by atoms with E-state index in [1.165, 1.54) is 5.57 Å². The molecule has 1 aliphatic carbocycles. The SMILES string of the molecule is [2H]C([2H])=C(C)C1CCC(C)=CC1c1c(O)cc(CCC)cc1O. The van der Waals surface area contributed by atoms with Crippen LogP contribution >= 0.6 is 0 Å². The Morgan fingerprint density at radius 3 is 2.62 bits per heavy atom. The minimum absolute atomic E-state index is 0.0301. The van der Waals surface area contributed by atoms with Crippen molar-refractivity contribution >= 4 is 0 Å². The van der Waals surface area contributed by atoms with E-state index in [1.807, 2.05) is 6.92 Å². The molecule has 2 rings (SSSR count). The Labute approximate surface area is 130 Å². The van der Waals surface area contributed by atoms with Gasteiger partial charge in [0, 0.05) is 11.5 Å². The van der Waals surface area contributed by atoms with Gasteiger partial charge in [0.05, 0.1) is 2.74 Å². The smallest absolute Gasteiger partial charge is 0.123 e. The first-order valence-corrected chi connectivity index (χ1v) is 7.71. The van der Waals surface area contributed by atoms with E-state index in [0.29, 0.717) is 11.1 Å². The van der Waals surface area contributed by atoms with E-state index in [2.05, 4.69) is 13.0 Å². The van der Waals surface area contributed by atoms with E-state index < -0.39 is 0 Å². The normalized spacial score (nSPS) is 23.1. The summed E-state index contributed by atoms with van der Waals surface area (Å²) in [6, 6.07) is 3.46. The number of benzene rings is 1. The topological polar surface area (TPSA) is 40.5 Å². The van der Waals surface area contributed by atoms with Crippen LogP contribution in [0.4, 0.5) is 0 Å². The standard InChI is InChI=1S/C19H26O2/c1-5-6-14-10-17(20)19(18(21)11-14)16-9-13(4)7-8-15(16)12(2)3/h9-11,15-16,20-21H,2,5-8H2,1,3-4H3/i2D2. The third kappa shape index (κ3) is 3.31. The second-order valence-electron chi connectivity index (χ2n) is 6.16. The van der Waals surface area contributed by atoms with Gasteiger partial charge in [-0.3, -0.25) is 0 Å². The lowest BCUT2D eigenvalue weighted by atomic mass is 9.73. The summed E-state index contributed by atoms with van der Waals surface area (Å²) in [7, 11) is 0. The maximum atomic E-state index is 10.5. The number of rotatable bonds is 4. The van der Waals surface area contributed by atoms with Gasteiger partial charge in [-0.2, -0.15) is 0 Å². The molecule has 1 aliphatic rings. The Hall–Kier alpha value is -1.70. The lowest BCUT2D eigenvalue weighted by molar-refractivity contribution is 0.406. The zero-order valence-corrected chi connectivity index (χ0v) is 13.1. The van der Waals surface area contributed by atoms with Crippen LogP contribution in [0, 0.1) is 5.92 Å². The summed E-state index contributed by atoms with van der Waals surface area (Å²) in [4.78, 5) is 0. The van der Waals surface area contributed by atoms with Crippen molar-refractivity contribution < 1.29 is 13.0 Å². The fraction of sp³-hybridized carbons (Fsp3) is 0.474. The molecule has 2 N–H and O–H groups in total. The van der Waals surface area contributed by atoms with Gasteiger partial charge >= 0.3 is 0 Å². The van der Waals surface area contributed by atoms with Crippen LogP contribution in [-0.2, 0) is 6.42 Å². The average molecular weight is 288 g/mol. The third-order valence-electron chi connectivity index (χ3n) is 4.37. The van der Waals surface area contributed by atoms with Gasteiger partial charge < -0.3 is 10.2 Å². The highest BCUT2D eigenvalue weighted by Gasteiger charge is 2.29. The summed E-state index contributed by atoms with van der Waals surface area (Å²) in [6.45, 7) is 5.74. The molecule has 114 valence electrons. The number of phenolic OH excluding ortho intramolecular Hbond substituents is 2. The summed E-state index contributed by atoms with van der Waals surface area (Å²) in [5, 5.41) is 21.0. The number of aryl methyl sites for hydroxylation is 1. The van der Waals surface area contributed by atoms with Crippen LogP contribution in [-0.4, -0.2) is 10.2 Å². The first kappa shape index (κ1) is 13.0. The highest BCUT2D eigenvalue weighted by atomic mass is 16.3. The van der Waals surface area contributed by atoms with Crippen molar-refractivity contribution in [1.29, 1.82) is 0 Å². The Bertz CT molecular complexity index is 620. The van der Waals surface area contributed by atoms with Crippen LogP contribution in [0.3, 0.4) is 0 Å². The summed E-state index contributed by atoms with van der Waals surface area (Å²) in [5.74, 6) is 0.0000686. The summed E-state index contributed by atoms with van der Waals surface area (Å²) in [6.07, 6.45) is 5.57. The fourth-order valence-corrected chi connectivity index (χ4v) is 3.29. The Morgan fingerprint density at radius 2 is 2.05 bits per heavy atom. The highest BCUT2D eigenvalue weighted by Crippen LogP contribution is 2.46. The maximum Gasteiger partial charge on any atom is 0.123 e. The monoisotopic (exact) mass is 288 g/mol. The van der Waals surface area contributed by atoms with Gasteiger partial charge in [-0.1, -0.05) is 37.1 Å². The quantitative estimate of drug-likeness (QED) is 0.760. The Morgan fingerprint density at radius 1 is 1.38 bits per heavy atom. The largest absolute Gasteiger partial charge is 0.507 e. The molecule has 0 aromatic heterocycles.